The normalized spacial score (nSPS) is 23.0. The maximum Gasteiger partial charge on any atom is 0.259 e. The van der Waals surface area contributed by atoms with Crippen LogP contribution in [-0.2, 0) is 7.05 Å². The molecule has 2 aliphatic heterocycles. The van der Waals surface area contributed by atoms with E-state index in [1.54, 1.807) is 12.3 Å². The van der Waals surface area contributed by atoms with Gasteiger partial charge in [0.2, 0.25) is 0 Å². The van der Waals surface area contributed by atoms with Gasteiger partial charge in [-0.05, 0) is 39.3 Å². The number of carbonyl (C=O) groups excluding carboxylic acids is 1. The van der Waals surface area contributed by atoms with Crippen LogP contribution >= 0.6 is 0 Å². The first-order valence-electron chi connectivity index (χ1n) is 8.27. The van der Waals surface area contributed by atoms with Crippen LogP contribution in [-0.4, -0.2) is 52.5 Å². The molecule has 0 saturated carbocycles. The van der Waals surface area contributed by atoms with Gasteiger partial charge in [-0.1, -0.05) is 6.42 Å². The van der Waals surface area contributed by atoms with Crippen LogP contribution in [0, 0.1) is 6.92 Å². The second kappa shape index (κ2) is 6.24. The molecule has 0 bridgehead atoms. The van der Waals surface area contributed by atoms with Crippen molar-refractivity contribution in [3.63, 3.8) is 0 Å². The molecule has 0 spiro atoms. The van der Waals surface area contributed by atoms with Gasteiger partial charge in [0.05, 0.1) is 0 Å². The Hall–Kier alpha value is -1.62. The Morgan fingerprint density at radius 2 is 1.91 bits per heavy atom. The molecule has 5 nitrogen and oxygen atoms in total. The van der Waals surface area contributed by atoms with Crippen molar-refractivity contribution in [2.75, 3.05) is 26.2 Å². The molecule has 1 unspecified atom stereocenters. The van der Waals surface area contributed by atoms with Gasteiger partial charge in [-0.2, -0.15) is 0 Å². The summed E-state index contributed by atoms with van der Waals surface area (Å²) in [6.45, 7) is 5.70. The molecule has 1 amide bonds. The van der Waals surface area contributed by atoms with Crippen molar-refractivity contribution in [2.45, 2.75) is 38.6 Å². The summed E-state index contributed by atoms with van der Waals surface area (Å²) in [6, 6.07) is 2.02. The third-order valence-corrected chi connectivity index (χ3v) is 5.07. The lowest BCUT2D eigenvalue weighted by Crippen LogP contribution is -2.42. The van der Waals surface area contributed by atoms with E-state index in [0.29, 0.717) is 11.6 Å². The van der Waals surface area contributed by atoms with Crippen LogP contribution in [0.5, 0.6) is 0 Å². The third kappa shape index (κ3) is 2.95. The standard InChI is InChI=1S/C17H25N3O2/c1-13-10-16(21)15(12-18(13)2)17(22)20-9-6-14(11-20)19-7-4-3-5-8-19/h10,12,14H,3-9,11H2,1-2H3. The summed E-state index contributed by atoms with van der Waals surface area (Å²) in [5, 5.41) is 0. The van der Waals surface area contributed by atoms with E-state index in [1.165, 1.54) is 19.3 Å². The first-order valence-corrected chi connectivity index (χ1v) is 8.27. The number of rotatable bonds is 2. The van der Waals surface area contributed by atoms with Crippen molar-refractivity contribution in [1.29, 1.82) is 0 Å². The average molecular weight is 303 g/mol. The molecule has 1 aromatic heterocycles. The Morgan fingerprint density at radius 1 is 1.18 bits per heavy atom. The molecule has 2 aliphatic rings. The second-order valence-electron chi connectivity index (χ2n) is 6.59. The fraction of sp³-hybridized carbons (Fsp3) is 0.647. The van der Waals surface area contributed by atoms with Crippen molar-refractivity contribution in [1.82, 2.24) is 14.4 Å². The summed E-state index contributed by atoms with van der Waals surface area (Å²) in [7, 11) is 1.87. The molecule has 1 aromatic rings. The number of hydrogen-bond acceptors (Lipinski definition) is 3. The van der Waals surface area contributed by atoms with Gasteiger partial charge >= 0.3 is 0 Å². The van der Waals surface area contributed by atoms with Crippen molar-refractivity contribution < 1.29 is 4.79 Å². The summed E-state index contributed by atoms with van der Waals surface area (Å²) >= 11 is 0. The lowest BCUT2D eigenvalue weighted by molar-refractivity contribution is 0.0769. The molecule has 3 rings (SSSR count). The largest absolute Gasteiger partial charge is 0.354 e. The van der Waals surface area contributed by atoms with Crippen molar-refractivity contribution in [2.24, 2.45) is 7.05 Å². The first-order chi connectivity index (χ1) is 10.6. The highest BCUT2D eigenvalue weighted by molar-refractivity contribution is 5.94. The molecule has 22 heavy (non-hydrogen) atoms. The number of pyridine rings is 1. The monoisotopic (exact) mass is 303 g/mol. The minimum absolute atomic E-state index is 0.111. The lowest BCUT2D eigenvalue weighted by Gasteiger charge is -2.32. The van der Waals surface area contributed by atoms with Crippen molar-refractivity contribution >= 4 is 5.91 Å². The summed E-state index contributed by atoms with van der Waals surface area (Å²) in [5.41, 5.74) is 1.00. The van der Waals surface area contributed by atoms with Crippen LogP contribution in [0.3, 0.4) is 0 Å². The molecule has 2 saturated heterocycles. The number of carbonyl (C=O) groups is 1. The Kier molecular flexibility index (Phi) is 4.34. The summed E-state index contributed by atoms with van der Waals surface area (Å²) in [4.78, 5) is 29.1. The maximum absolute atomic E-state index is 12.7. The smallest absolute Gasteiger partial charge is 0.259 e. The Balaban J connectivity index is 1.71. The zero-order valence-corrected chi connectivity index (χ0v) is 13.5. The second-order valence-corrected chi connectivity index (χ2v) is 6.59. The van der Waals surface area contributed by atoms with Gasteiger partial charge in [0.25, 0.3) is 5.91 Å². The lowest BCUT2D eigenvalue weighted by atomic mass is 10.1. The number of hydrogen-bond donors (Lipinski definition) is 0. The van der Waals surface area contributed by atoms with Crippen LogP contribution < -0.4 is 5.43 Å². The molecule has 0 radical (unpaired) electrons. The predicted octanol–water partition coefficient (Wildman–Crippen LogP) is 1.39. The van der Waals surface area contributed by atoms with Gasteiger partial charge in [-0.15, -0.1) is 0 Å². The van der Waals surface area contributed by atoms with E-state index in [4.69, 9.17) is 0 Å². The van der Waals surface area contributed by atoms with Gasteiger partial charge in [-0.3, -0.25) is 14.5 Å². The van der Waals surface area contributed by atoms with Crippen LogP contribution in [0.2, 0.25) is 0 Å². The molecule has 0 aliphatic carbocycles. The van der Waals surface area contributed by atoms with Gasteiger partial charge < -0.3 is 9.47 Å². The molecule has 120 valence electrons. The third-order valence-electron chi connectivity index (χ3n) is 5.07. The summed E-state index contributed by atoms with van der Waals surface area (Å²) in [6.07, 6.45) is 6.56. The number of likely N-dealkylation sites (tertiary alicyclic amines) is 2. The zero-order valence-electron chi connectivity index (χ0n) is 13.5. The topological polar surface area (TPSA) is 45.6 Å². The van der Waals surface area contributed by atoms with E-state index in [0.717, 1.165) is 38.3 Å². The van der Waals surface area contributed by atoms with Crippen molar-refractivity contribution in [3.05, 3.63) is 33.7 Å². The van der Waals surface area contributed by atoms with Gasteiger partial charge in [-0.25, -0.2) is 0 Å². The highest BCUT2D eigenvalue weighted by Crippen LogP contribution is 2.21. The van der Waals surface area contributed by atoms with Crippen LogP contribution in [0.25, 0.3) is 0 Å². The van der Waals surface area contributed by atoms with Crippen LogP contribution in [0.4, 0.5) is 0 Å². The molecule has 2 fully saturated rings. The van der Waals surface area contributed by atoms with Gasteiger partial charge in [0.1, 0.15) is 5.56 Å². The molecule has 3 heterocycles. The average Bonchev–Trinajstić information content (AvgIpc) is 3.01. The van der Waals surface area contributed by atoms with E-state index in [2.05, 4.69) is 4.90 Å². The van der Waals surface area contributed by atoms with Crippen LogP contribution in [0.1, 0.15) is 41.7 Å². The number of aromatic nitrogens is 1. The summed E-state index contributed by atoms with van der Waals surface area (Å²) in [5.74, 6) is -0.111. The molecular formula is C17H25N3O2. The van der Waals surface area contributed by atoms with E-state index < -0.39 is 0 Å². The minimum Gasteiger partial charge on any atom is -0.354 e. The Labute approximate surface area is 131 Å². The first kappa shape index (κ1) is 15.3. The predicted molar refractivity (Wildman–Crippen MR) is 86.2 cm³/mol. The maximum atomic E-state index is 12.7. The fourth-order valence-electron chi connectivity index (χ4n) is 3.57. The summed E-state index contributed by atoms with van der Waals surface area (Å²) < 4.78 is 1.84. The fourth-order valence-corrected chi connectivity index (χ4v) is 3.57. The minimum atomic E-state index is -0.165. The highest BCUT2D eigenvalue weighted by atomic mass is 16.2. The number of nitrogens with zero attached hydrogens (tertiary/aromatic N) is 3. The van der Waals surface area contributed by atoms with Gasteiger partial charge in [0, 0.05) is 44.1 Å². The SMILES string of the molecule is Cc1cc(=O)c(C(=O)N2CCC(N3CCCCC3)C2)cn1C. The number of aryl methyl sites for hydroxylation is 2. The van der Waals surface area contributed by atoms with E-state index in [9.17, 15) is 9.59 Å². The number of piperidine rings is 1. The Morgan fingerprint density at radius 3 is 2.64 bits per heavy atom. The molecule has 1 atom stereocenters. The quantitative estimate of drug-likeness (QED) is 0.829. The van der Waals surface area contributed by atoms with Gasteiger partial charge in [0.15, 0.2) is 5.43 Å². The molecule has 0 N–H and O–H groups in total. The Bertz CT molecular complexity index is 617. The number of amides is 1. The molecule has 5 heteroatoms. The van der Waals surface area contributed by atoms with Crippen LogP contribution in [0.15, 0.2) is 17.1 Å². The van der Waals surface area contributed by atoms with E-state index in [1.807, 2.05) is 23.4 Å². The van der Waals surface area contributed by atoms with E-state index in [-0.39, 0.29) is 11.3 Å². The molecule has 0 aromatic carbocycles. The molecular weight excluding hydrogens is 278 g/mol. The highest BCUT2D eigenvalue weighted by Gasteiger charge is 2.32. The zero-order chi connectivity index (χ0) is 15.7. The van der Waals surface area contributed by atoms with Crippen molar-refractivity contribution in [3.8, 4) is 0 Å². The van der Waals surface area contributed by atoms with E-state index >= 15 is 0 Å².